The fourth-order valence-corrected chi connectivity index (χ4v) is 3.00. The summed E-state index contributed by atoms with van der Waals surface area (Å²) < 4.78 is 1.65. The number of aryl methyl sites for hydroxylation is 2. The standard InChI is InChI=1S/C15H21N3O2S/c1-4-12-11(9-18(3)17-12)15(20)16-10(2)8-13(19)14-6-5-7-21-14/h5-7,9-10,13,19H,4,8H2,1-3H3,(H,16,20). The third kappa shape index (κ3) is 3.92. The molecule has 0 bridgehead atoms. The lowest BCUT2D eigenvalue weighted by molar-refractivity contribution is 0.0917. The number of rotatable bonds is 6. The van der Waals surface area contributed by atoms with Gasteiger partial charge in [-0.25, -0.2) is 0 Å². The summed E-state index contributed by atoms with van der Waals surface area (Å²) in [7, 11) is 1.81. The van der Waals surface area contributed by atoms with E-state index in [0.717, 1.165) is 17.0 Å². The van der Waals surface area contributed by atoms with Crippen molar-refractivity contribution in [1.29, 1.82) is 0 Å². The quantitative estimate of drug-likeness (QED) is 0.860. The summed E-state index contributed by atoms with van der Waals surface area (Å²) >= 11 is 1.52. The number of hydrogen-bond acceptors (Lipinski definition) is 4. The van der Waals surface area contributed by atoms with E-state index >= 15 is 0 Å². The van der Waals surface area contributed by atoms with Gasteiger partial charge in [-0.05, 0) is 31.2 Å². The average molecular weight is 307 g/mol. The average Bonchev–Trinajstić information content (AvgIpc) is 3.06. The summed E-state index contributed by atoms with van der Waals surface area (Å²) in [4.78, 5) is 13.2. The number of aliphatic hydroxyl groups is 1. The van der Waals surface area contributed by atoms with E-state index in [1.165, 1.54) is 11.3 Å². The normalized spacial score (nSPS) is 13.9. The van der Waals surface area contributed by atoms with Gasteiger partial charge in [-0.15, -0.1) is 11.3 Å². The van der Waals surface area contributed by atoms with Crippen LogP contribution < -0.4 is 5.32 Å². The molecule has 0 aliphatic carbocycles. The molecular formula is C15H21N3O2S. The second-order valence-corrected chi connectivity index (χ2v) is 6.14. The number of aromatic nitrogens is 2. The van der Waals surface area contributed by atoms with Crippen molar-refractivity contribution in [2.45, 2.75) is 38.8 Å². The van der Waals surface area contributed by atoms with Crippen molar-refractivity contribution in [3.8, 4) is 0 Å². The minimum Gasteiger partial charge on any atom is -0.387 e. The van der Waals surface area contributed by atoms with E-state index in [1.807, 2.05) is 31.4 Å². The Kier molecular flexibility index (Phi) is 5.14. The number of aliphatic hydroxyl groups excluding tert-OH is 1. The summed E-state index contributed by atoms with van der Waals surface area (Å²) in [6.07, 6.45) is 2.40. The van der Waals surface area contributed by atoms with Crippen molar-refractivity contribution in [3.63, 3.8) is 0 Å². The number of hydrogen-bond donors (Lipinski definition) is 2. The monoisotopic (exact) mass is 307 g/mol. The summed E-state index contributed by atoms with van der Waals surface area (Å²) in [5, 5.41) is 19.2. The third-order valence-corrected chi connectivity index (χ3v) is 4.28. The summed E-state index contributed by atoms with van der Waals surface area (Å²) in [5.74, 6) is -0.133. The van der Waals surface area contributed by atoms with Crippen LogP contribution in [-0.4, -0.2) is 26.8 Å². The van der Waals surface area contributed by atoms with Crippen LogP contribution >= 0.6 is 11.3 Å². The molecule has 0 spiro atoms. The highest BCUT2D eigenvalue weighted by Gasteiger charge is 2.19. The molecular weight excluding hydrogens is 286 g/mol. The Labute approximate surface area is 128 Å². The molecule has 0 aliphatic heterocycles. The molecule has 0 fully saturated rings. The first kappa shape index (κ1) is 15.7. The summed E-state index contributed by atoms with van der Waals surface area (Å²) in [6, 6.07) is 3.70. The number of nitrogens with zero attached hydrogens (tertiary/aromatic N) is 2. The zero-order valence-electron chi connectivity index (χ0n) is 12.5. The van der Waals surface area contributed by atoms with Gasteiger partial charge in [-0.1, -0.05) is 13.0 Å². The number of nitrogens with one attached hydrogen (secondary N) is 1. The van der Waals surface area contributed by atoms with Crippen LogP contribution in [0.15, 0.2) is 23.7 Å². The van der Waals surface area contributed by atoms with Gasteiger partial charge in [0.05, 0.1) is 17.4 Å². The van der Waals surface area contributed by atoms with E-state index in [9.17, 15) is 9.90 Å². The molecule has 0 saturated carbocycles. The van der Waals surface area contributed by atoms with E-state index in [2.05, 4.69) is 10.4 Å². The maximum absolute atomic E-state index is 12.3. The minimum atomic E-state index is -0.542. The Balaban J connectivity index is 1.95. The molecule has 2 atom stereocenters. The van der Waals surface area contributed by atoms with Crippen LogP contribution in [-0.2, 0) is 13.5 Å². The van der Waals surface area contributed by atoms with Gasteiger partial charge in [0, 0.05) is 24.2 Å². The Morgan fingerprint density at radius 1 is 1.57 bits per heavy atom. The third-order valence-electron chi connectivity index (χ3n) is 3.31. The number of thiophene rings is 1. The minimum absolute atomic E-state index is 0.112. The van der Waals surface area contributed by atoms with Gasteiger partial charge < -0.3 is 10.4 Å². The lowest BCUT2D eigenvalue weighted by Gasteiger charge is -2.17. The van der Waals surface area contributed by atoms with Crippen LogP contribution in [0.25, 0.3) is 0 Å². The predicted octanol–water partition coefficient (Wildman–Crippen LogP) is 2.29. The smallest absolute Gasteiger partial charge is 0.254 e. The van der Waals surface area contributed by atoms with Crippen LogP contribution in [0.1, 0.15) is 47.3 Å². The Morgan fingerprint density at radius 2 is 2.33 bits per heavy atom. The molecule has 2 heterocycles. The van der Waals surface area contributed by atoms with Crippen molar-refractivity contribution in [2.75, 3.05) is 0 Å². The number of amides is 1. The van der Waals surface area contributed by atoms with Crippen molar-refractivity contribution in [1.82, 2.24) is 15.1 Å². The fraction of sp³-hybridized carbons (Fsp3) is 0.467. The molecule has 2 N–H and O–H groups in total. The Hall–Kier alpha value is -1.66. The molecule has 21 heavy (non-hydrogen) atoms. The van der Waals surface area contributed by atoms with E-state index in [-0.39, 0.29) is 11.9 Å². The Bertz CT molecular complexity index is 592. The van der Waals surface area contributed by atoms with E-state index < -0.39 is 6.10 Å². The van der Waals surface area contributed by atoms with Crippen LogP contribution in [0.4, 0.5) is 0 Å². The molecule has 6 heteroatoms. The predicted molar refractivity (Wildman–Crippen MR) is 83.4 cm³/mol. The topological polar surface area (TPSA) is 67.2 Å². The van der Waals surface area contributed by atoms with Gasteiger partial charge in [-0.2, -0.15) is 5.10 Å². The molecule has 2 unspecified atom stereocenters. The largest absolute Gasteiger partial charge is 0.387 e. The molecule has 2 aromatic heterocycles. The Morgan fingerprint density at radius 3 is 2.95 bits per heavy atom. The van der Waals surface area contributed by atoms with Gasteiger partial charge in [0.15, 0.2) is 0 Å². The zero-order valence-corrected chi connectivity index (χ0v) is 13.4. The SMILES string of the molecule is CCc1nn(C)cc1C(=O)NC(C)CC(O)c1cccs1. The maximum atomic E-state index is 12.3. The highest BCUT2D eigenvalue weighted by Crippen LogP contribution is 2.23. The first-order chi connectivity index (χ1) is 10.0. The molecule has 5 nitrogen and oxygen atoms in total. The van der Waals surface area contributed by atoms with Gasteiger partial charge in [0.25, 0.3) is 5.91 Å². The molecule has 2 rings (SSSR count). The highest BCUT2D eigenvalue weighted by atomic mass is 32.1. The van der Waals surface area contributed by atoms with E-state index in [4.69, 9.17) is 0 Å². The van der Waals surface area contributed by atoms with Crippen molar-refractivity contribution in [3.05, 3.63) is 39.8 Å². The molecule has 0 radical (unpaired) electrons. The van der Waals surface area contributed by atoms with Gasteiger partial charge in [0.1, 0.15) is 0 Å². The summed E-state index contributed by atoms with van der Waals surface area (Å²) in [6.45, 7) is 3.87. The molecule has 2 aromatic rings. The lowest BCUT2D eigenvalue weighted by Crippen LogP contribution is -2.34. The summed E-state index contributed by atoms with van der Waals surface area (Å²) in [5.41, 5.74) is 1.40. The molecule has 0 saturated heterocycles. The van der Waals surface area contributed by atoms with Crippen molar-refractivity contribution >= 4 is 17.2 Å². The van der Waals surface area contributed by atoms with Gasteiger partial charge in [0.2, 0.25) is 0 Å². The first-order valence-corrected chi connectivity index (χ1v) is 7.94. The van der Waals surface area contributed by atoms with Crippen molar-refractivity contribution < 1.29 is 9.90 Å². The molecule has 1 amide bonds. The first-order valence-electron chi connectivity index (χ1n) is 7.06. The second kappa shape index (κ2) is 6.87. The number of carbonyl (C=O) groups excluding carboxylic acids is 1. The lowest BCUT2D eigenvalue weighted by atomic mass is 10.1. The second-order valence-electron chi connectivity index (χ2n) is 5.16. The van der Waals surface area contributed by atoms with Crippen LogP contribution in [0, 0.1) is 0 Å². The fourth-order valence-electron chi connectivity index (χ4n) is 2.28. The van der Waals surface area contributed by atoms with Crippen molar-refractivity contribution in [2.24, 2.45) is 7.05 Å². The molecule has 0 aromatic carbocycles. The number of carbonyl (C=O) groups is 1. The molecule has 0 aliphatic rings. The van der Waals surface area contributed by atoms with E-state index in [0.29, 0.717) is 12.0 Å². The van der Waals surface area contributed by atoms with Crippen LogP contribution in [0.5, 0.6) is 0 Å². The maximum Gasteiger partial charge on any atom is 0.254 e. The van der Waals surface area contributed by atoms with Crippen LogP contribution in [0.2, 0.25) is 0 Å². The van der Waals surface area contributed by atoms with E-state index in [1.54, 1.807) is 17.9 Å². The molecule has 114 valence electrons. The van der Waals surface area contributed by atoms with Gasteiger partial charge >= 0.3 is 0 Å². The highest BCUT2D eigenvalue weighted by molar-refractivity contribution is 7.10. The zero-order chi connectivity index (χ0) is 15.4. The van der Waals surface area contributed by atoms with Gasteiger partial charge in [-0.3, -0.25) is 9.48 Å². The van der Waals surface area contributed by atoms with Crippen LogP contribution in [0.3, 0.4) is 0 Å².